The largest absolute Gasteiger partial charge is 0.298 e. The number of halogens is 2. The number of hydrogen-bond acceptors (Lipinski definition) is 1. The number of aldehydes is 1. The Morgan fingerprint density at radius 1 is 1.46 bits per heavy atom. The third kappa shape index (κ3) is 5.06. The maximum Gasteiger partial charge on any atom is 0.148 e. The van der Waals surface area contributed by atoms with Crippen LogP contribution in [0.4, 0.5) is 8.78 Å². The van der Waals surface area contributed by atoms with Gasteiger partial charge >= 0.3 is 0 Å². The maximum absolute atomic E-state index is 12.8. The van der Waals surface area contributed by atoms with E-state index in [-0.39, 0.29) is 12.0 Å². The predicted octanol–water partition coefficient (Wildman–Crippen LogP) is 3.25. The van der Waals surface area contributed by atoms with Crippen LogP contribution in [0, 0.1) is 0 Å². The Hall–Kier alpha value is -1.25. The van der Waals surface area contributed by atoms with Crippen molar-refractivity contribution in [3.05, 3.63) is 36.0 Å². The van der Waals surface area contributed by atoms with Crippen LogP contribution in [-0.2, 0) is 4.79 Å². The average Bonchev–Trinajstić information content (AvgIpc) is 2.13. The second kappa shape index (κ2) is 6.29. The number of rotatable bonds is 5. The molecule has 0 aliphatic rings. The van der Waals surface area contributed by atoms with Crippen molar-refractivity contribution in [3.8, 4) is 0 Å². The van der Waals surface area contributed by atoms with Crippen molar-refractivity contribution in [3.63, 3.8) is 0 Å². The topological polar surface area (TPSA) is 17.1 Å². The number of hydrogen-bond donors (Lipinski definition) is 0. The smallest absolute Gasteiger partial charge is 0.148 e. The highest BCUT2D eigenvalue weighted by Gasteiger charge is 1.99. The molecule has 0 rings (SSSR count). The second-order valence-electron chi connectivity index (χ2n) is 2.57. The molecule has 72 valence electrons. The Labute approximate surface area is 76.4 Å². The van der Waals surface area contributed by atoms with Gasteiger partial charge in [-0.3, -0.25) is 4.79 Å². The van der Waals surface area contributed by atoms with E-state index in [9.17, 15) is 13.6 Å². The third-order valence-electron chi connectivity index (χ3n) is 1.42. The number of carbonyl (C=O) groups is 1. The summed E-state index contributed by atoms with van der Waals surface area (Å²) >= 11 is 0. The summed E-state index contributed by atoms with van der Waals surface area (Å²) in [5, 5.41) is 0. The van der Waals surface area contributed by atoms with Gasteiger partial charge in [0, 0.05) is 18.1 Å². The molecule has 0 fully saturated rings. The van der Waals surface area contributed by atoms with Gasteiger partial charge in [0.05, 0.1) is 0 Å². The Bertz CT molecular complexity index is 252. The molecular formula is C10H12F2O. The van der Waals surface area contributed by atoms with Crippen molar-refractivity contribution < 1.29 is 13.6 Å². The fourth-order valence-corrected chi connectivity index (χ4v) is 0.620. The summed E-state index contributed by atoms with van der Waals surface area (Å²) in [4.78, 5) is 10.1. The Balaban J connectivity index is 4.37. The van der Waals surface area contributed by atoms with Crippen LogP contribution in [0.2, 0.25) is 0 Å². The van der Waals surface area contributed by atoms with Crippen LogP contribution in [0.3, 0.4) is 0 Å². The van der Waals surface area contributed by atoms with Crippen molar-refractivity contribution in [2.24, 2.45) is 0 Å². The Kier molecular flexibility index (Phi) is 5.68. The molecular weight excluding hydrogens is 174 g/mol. The number of carbonyl (C=O) groups excluding carboxylic acids is 1. The zero-order chi connectivity index (χ0) is 10.3. The van der Waals surface area contributed by atoms with Gasteiger partial charge in [0.15, 0.2) is 0 Å². The molecule has 0 spiro atoms. The first-order chi connectivity index (χ1) is 6.11. The molecule has 13 heavy (non-hydrogen) atoms. The third-order valence-corrected chi connectivity index (χ3v) is 1.42. The fraction of sp³-hybridized carbons (Fsp3) is 0.300. The van der Waals surface area contributed by atoms with Gasteiger partial charge in [-0.15, -0.1) is 6.58 Å². The summed E-state index contributed by atoms with van der Waals surface area (Å²) in [5.41, 5.74) is -0.103. The monoisotopic (exact) mass is 186 g/mol. The quantitative estimate of drug-likeness (QED) is 0.279. The maximum atomic E-state index is 12.8. The predicted molar refractivity (Wildman–Crippen MR) is 48.5 cm³/mol. The lowest BCUT2D eigenvalue weighted by Crippen LogP contribution is -1.82. The molecule has 0 aromatic carbocycles. The van der Waals surface area contributed by atoms with Crippen molar-refractivity contribution >= 4 is 6.29 Å². The summed E-state index contributed by atoms with van der Waals surface area (Å²) in [6.07, 6.45) is 3.19. The minimum atomic E-state index is -0.823. The van der Waals surface area contributed by atoms with Crippen molar-refractivity contribution in [1.29, 1.82) is 0 Å². The first-order valence-electron chi connectivity index (χ1n) is 3.90. The van der Waals surface area contributed by atoms with E-state index in [1.165, 1.54) is 6.92 Å². The standard InChI is InChI=1S/C10H12F2O/c1-3-4-5-9(11)6-10(12)8(2)7-13/h3,6-7H,1,4-5H2,2H3/b9-6+,10-8-. The van der Waals surface area contributed by atoms with Gasteiger partial charge in [0.2, 0.25) is 0 Å². The first-order valence-corrected chi connectivity index (χ1v) is 3.90. The molecule has 0 unspecified atom stereocenters. The van der Waals surface area contributed by atoms with E-state index in [0.29, 0.717) is 12.7 Å². The van der Waals surface area contributed by atoms with Gasteiger partial charge in [-0.1, -0.05) is 6.08 Å². The van der Waals surface area contributed by atoms with Crippen LogP contribution in [0.5, 0.6) is 0 Å². The molecule has 0 atom stereocenters. The van der Waals surface area contributed by atoms with E-state index < -0.39 is 11.7 Å². The summed E-state index contributed by atoms with van der Waals surface area (Å²) in [5.74, 6) is -1.41. The van der Waals surface area contributed by atoms with E-state index in [2.05, 4.69) is 6.58 Å². The van der Waals surface area contributed by atoms with E-state index in [0.717, 1.165) is 6.08 Å². The molecule has 0 saturated carbocycles. The van der Waals surface area contributed by atoms with Crippen LogP contribution in [0.25, 0.3) is 0 Å². The molecule has 0 aliphatic heterocycles. The van der Waals surface area contributed by atoms with Crippen molar-refractivity contribution in [2.75, 3.05) is 0 Å². The second-order valence-corrected chi connectivity index (χ2v) is 2.57. The van der Waals surface area contributed by atoms with Crippen molar-refractivity contribution in [1.82, 2.24) is 0 Å². The van der Waals surface area contributed by atoms with Crippen LogP contribution < -0.4 is 0 Å². The summed E-state index contributed by atoms with van der Waals surface area (Å²) in [6, 6.07) is 0. The molecule has 0 N–H and O–H groups in total. The molecule has 0 saturated heterocycles. The van der Waals surface area contributed by atoms with E-state index in [1.807, 2.05) is 0 Å². The first kappa shape index (κ1) is 11.8. The van der Waals surface area contributed by atoms with E-state index >= 15 is 0 Å². The van der Waals surface area contributed by atoms with Crippen LogP contribution in [0.1, 0.15) is 19.8 Å². The highest BCUT2D eigenvalue weighted by atomic mass is 19.1. The van der Waals surface area contributed by atoms with E-state index in [4.69, 9.17) is 0 Å². The van der Waals surface area contributed by atoms with Gasteiger partial charge in [-0.2, -0.15) is 0 Å². The molecule has 0 bridgehead atoms. The molecule has 0 heterocycles. The highest BCUT2D eigenvalue weighted by molar-refractivity contribution is 5.73. The molecule has 1 nitrogen and oxygen atoms in total. The molecule has 0 radical (unpaired) electrons. The summed E-state index contributed by atoms with van der Waals surface area (Å²) < 4.78 is 25.5. The van der Waals surface area contributed by atoms with Gasteiger partial charge in [-0.05, 0) is 13.3 Å². The van der Waals surface area contributed by atoms with Crippen LogP contribution >= 0.6 is 0 Å². The highest BCUT2D eigenvalue weighted by Crippen LogP contribution is 2.13. The summed E-state index contributed by atoms with van der Waals surface area (Å²) in [6.45, 7) is 4.70. The Morgan fingerprint density at radius 2 is 2.08 bits per heavy atom. The molecule has 0 aromatic rings. The van der Waals surface area contributed by atoms with Gasteiger partial charge in [-0.25, -0.2) is 8.78 Å². The normalized spacial score (nSPS) is 13.6. The lowest BCUT2D eigenvalue weighted by atomic mass is 10.2. The average molecular weight is 186 g/mol. The minimum Gasteiger partial charge on any atom is -0.298 e. The molecule has 0 aliphatic carbocycles. The lowest BCUT2D eigenvalue weighted by Gasteiger charge is -1.93. The fourth-order valence-electron chi connectivity index (χ4n) is 0.620. The number of allylic oxidation sites excluding steroid dienone is 5. The summed E-state index contributed by atoms with van der Waals surface area (Å²) in [7, 11) is 0. The van der Waals surface area contributed by atoms with Crippen LogP contribution in [0.15, 0.2) is 36.0 Å². The minimum absolute atomic E-state index is 0.103. The van der Waals surface area contributed by atoms with Gasteiger partial charge in [0.25, 0.3) is 0 Å². The molecule has 3 heteroatoms. The molecule has 0 aromatic heterocycles. The molecule has 0 amide bonds. The zero-order valence-corrected chi connectivity index (χ0v) is 7.52. The van der Waals surface area contributed by atoms with Gasteiger partial charge < -0.3 is 0 Å². The van der Waals surface area contributed by atoms with Crippen LogP contribution in [-0.4, -0.2) is 6.29 Å². The van der Waals surface area contributed by atoms with E-state index in [1.54, 1.807) is 6.08 Å². The van der Waals surface area contributed by atoms with Crippen molar-refractivity contribution in [2.45, 2.75) is 19.8 Å². The SMILES string of the molecule is C=CCC/C(F)=C\C(F)=C(/C)C=O. The zero-order valence-electron chi connectivity index (χ0n) is 7.52. The Morgan fingerprint density at radius 3 is 2.54 bits per heavy atom. The van der Waals surface area contributed by atoms with Gasteiger partial charge in [0.1, 0.15) is 17.9 Å². The lowest BCUT2D eigenvalue weighted by molar-refractivity contribution is -0.104.